The van der Waals surface area contributed by atoms with Crippen LogP contribution in [0, 0.1) is 5.41 Å². The zero-order chi connectivity index (χ0) is 13.1. The van der Waals surface area contributed by atoms with Crippen LogP contribution in [0.3, 0.4) is 0 Å². The number of likely N-dealkylation sites (N-methyl/N-ethyl adjacent to an activating group) is 1. The molecule has 0 aliphatic carbocycles. The van der Waals surface area contributed by atoms with Gasteiger partial charge < -0.3 is 20.1 Å². The van der Waals surface area contributed by atoms with Gasteiger partial charge in [0.25, 0.3) is 0 Å². The predicted molar refractivity (Wildman–Crippen MR) is 72.3 cm³/mol. The lowest BCUT2D eigenvalue weighted by Crippen LogP contribution is -2.40. The van der Waals surface area contributed by atoms with E-state index in [0.717, 1.165) is 52.4 Å². The molecule has 0 saturated heterocycles. The van der Waals surface area contributed by atoms with Gasteiger partial charge in [-0.05, 0) is 24.9 Å². The topological polar surface area (TPSA) is 47.7 Å². The first kappa shape index (κ1) is 16.8. The first-order valence-corrected chi connectivity index (χ1v) is 6.55. The lowest BCUT2D eigenvalue weighted by atomic mass is 9.93. The molecule has 0 rings (SSSR count). The first-order chi connectivity index (χ1) is 8.05. The molecule has 4 nitrogen and oxygen atoms in total. The highest BCUT2D eigenvalue weighted by Gasteiger charge is 2.18. The predicted octanol–water partition coefficient (Wildman–Crippen LogP) is 1.35. The van der Waals surface area contributed by atoms with Crippen molar-refractivity contribution in [1.82, 2.24) is 4.90 Å². The van der Waals surface area contributed by atoms with Gasteiger partial charge in [0.05, 0.1) is 6.61 Å². The van der Waals surface area contributed by atoms with Crippen LogP contribution in [0.25, 0.3) is 0 Å². The summed E-state index contributed by atoms with van der Waals surface area (Å²) in [6.45, 7) is 12.7. The summed E-state index contributed by atoms with van der Waals surface area (Å²) in [4.78, 5) is 2.39. The van der Waals surface area contributed by atoms with Gasteiger partial charge in [-0.1, -0.05) is 20.8 Å². The molecule has 0 aliphatic heterocycles. The Hall–Kier alpha value is -0.160. The van der Waals surface area contributed by atoms with E-state index >= 15 is 0 Å². The van der Waals surface area contributed by atoms with E-state index in [9.17, 15) is 0 Å². The molecule has 4 heteroatoms. The fraction of sp³-hybridized carbons (Fsp3) is 1.00. The molecule has 0 aromatic carbocycles. The molecule has 0 atom stereocenters. The van der Waals surface area contributed by atoms with E-state index in [4.69, 9.17) is 15.2 Å². The van der Waals surface area contributed by atoms with E-state index in [1.54, 1.807) is 7.11 Å². The molecular formula is C13H30N2O2. The molecule has 0 aliphatic rings. The van der Waals surface area contributed by atoms with Crippen molar-refractivity contribution in [3.8, 4) is 0 Å². The second-order valence-electron chi connectivity index (χ2n) is 5.20. The van der Waals surface area contributed by atoms with Crippen LogP contribution in [-0.2, 0) is 9.47 Å². The van der Waals surface area contributed by atoms with Crippen molar-refractivity contribution in [3.05, 3.63) is 0 Å². The highest BCUT2D eigenvalue weighted by atomic mass is 16.5. The van der Waals surface area contributed by atoms with Gasteiger partial charge in [0.15, 0.2) is 0 Å². The van der Waals surface area contributed by atoms with Gasteiger partial charge in [0.2, 0.25) is 0 Å². The van der Waals surface area contributed by atoms with Crippen molar-refractivity contribution in [2.24, 2.45) is 11.1 Å². The van der Waals surface area contributed by atoms with Gasteiger partial charge in [-0.15, -0.1) is 0 Å². The number of ether oxygens (including phenoxy) is 2. The van der Waals surface area contributed by atoms with Crippen LogP contribution in [0.1, 0.15) is 27.2 Å². The van der Waals surface area contributed by atoms with Crippen molar-refractivity contribution in [3.63, 3.8) is 0 Å². The fourth-order valence-electron chi connectivity index (χ4n) is 1.62. The number of hydrogen-bond donors (Lipinski definition) is 1. The number of rotatable bonds is 11. The monoisotopic (exact) mass is 246 g/mol. The molecule has 0 radical (unpaired) electrons. The molecule has 0 amide bonds. The third-order valence-corrected chi connectivity index (χ3v) is 2.84. The molecule has 17 heavy (non-hydrogen) atoms. The minimum absolute atomic E-state index is 0.187. The number of nitrogens with zero attached hydrogens (tertiary/aromatic N) is 1. The number of methoxy groups -OCH3 is 1. The van der Waals surface area contributed by atoms with E-state index < -0.39 is 0 Å². The van der Waals surface area contributed by atoms with E-state index in [-0.39, 0.29) is 5.41 Å². The molecule has 2 N–H and O–H groups in total. The fourth-order valence-corrected chi connectivity index (χ4v) is 1.62. The molecule has 0 unspecified atom stereocenters. The van der Waals surface area contributed by atoms with E-state index in [0.29, 0.717) is 0 Å². The Labute approximate surface area is 106 Å². The smallest absolute Gasteiger partial charge is 0.0593 e. The molecule has 104 valence electrons. The van der Waals surface area contributed by atoms with Gasteiger partial charge in [0, 0.05) is 33.4 Å². The van der Waals surface area contributed by atoms with Crippen LogP contribution in [0.15, 0.2) is 0 Å². The summed E-state index contributed by atoms with van der Waals surface area (Å²) in [7, 11) is 1.72. The summed E-state index contributed by atoms with van der Waals surface area (Å²) < 4.78 is 10.5. The summed E-state index contributed by atoms with van der Waals surface area (Å²) >= 11 is 0. The van der Waals surface area contributed by atoms with Crippen LogP contribution in [0.5, 0.6) is 0 Å². The number of hydrogen-bond acceptors (Lipinski definition) is 4. The average Bonchev–Trinajstić information content (AvgIpc) is 2.32. The third kappa shape index (κ3) is 9.53. The molecular weight excluding hydrogens is 216 g/mol. The standard InChI is InChI=1S/C13H30N2O2/c1-5-15(12-13(2,3)11-14)7-10-17-9-6-8-16-4/h5-12,14H2,1-4H3. The Kier molecular flexibility index (Phi) is 9.74. The van der Waals surface area contributed by atoms with Gasteiger partial charge in [-0.3, -0.25) is 0 Å². The Morgan fingerprint density at radius 2 is 1.88 bits per heavy atom. The van der Waals surface area contributed by atoms with Crippen molar-refractivity contribution < 1.29 is 9.47 Å². The quantitative estimate of drug-likeness (QED) is 0.559. The van der Waals surface area contributed by atoms with Crippen molar-refractivity contribution in [1.29, 1.82) is 0 Å². The lowest BCUT2D eigenvalue weighted by Gasteiger charge is -2.30. The maximum atomic E-state index is 5.75. The summed E-state index contributed by atoms with van der Waals surface area (Å²) in [5, 5.41) is 0. The van der Waals surface area contributed by atoms with E-state index in [2.05, 4.69) is 25.7 Å². The largest absolute Gasteiger partial charge is 0.385 e. The minimum Gasteiger partial charge on any atom is -0.385 e. The lowest BCUT2D eigenvalue weighted by molar-refractivity contribution is 0.0757. The molecule has 0 fully saturated rings. The van der Waals surface area contributed by atoms with Gasteiger partial charge >= 0.3 is 0 Å². The highest BCUT2D eigenvalue weighted by molar-refractivity contribution is 4.74. The molecule has 0 aromatic rings. The molecule has 0 aromatic heterocycles. The van der Waals surface area contributed by atoms with Crippen molar-refractivity contribution in [2.45, 2.75) is 27.2 Å². The van der Waals surface area contributed by atoms with E-state index in [1.165, 1.54) is 0 Å². The van der Waals surface area contributed by atoms with Gasteiger partial charge in [-0.2, -0.15) is 0 Å². The van der Waals surface area contributed by atoms with Crippen LogP contribution < -0.4 is 5.73 Å². The average molecular weight is 246 g/mol. The van der Waals surface area contributed by atoms with Crippen LogP contribution >= 0.6 is 0 Å². The maximum absolute atomic E-state index is 5.75. The summed E-state index contributed by atoms with van der Waals surface area (Å²) in [5.41, 5.74) is 5.93. The SMILES string of the molecule is CCN(CCOCCCOC)CC(C)(C)CN. The molecule has 0 bridgehead atoms. The molecule has 0 heterocycles. The van der Waals surface area contributed by atoms with Crippen LogP contribution in [-0.4, -0.2) is 58.0 Å². The third-order valence-electron chi connectivity index (χ3n) is 2.84. The van der Waals surface area contributed by atoms with Gasteiger partial charge in [-0.25, -0.2) is 0 Å². The second-order valence-corrected chi connectivity index (χ2v) is 5.20. The van der Waals surface area contributed by atoms with Crippen LogP contribution in [0.4, 0.5) is 0 Å². The molecule has 0 saturated carbocycles. The Morgan fingerprint density at radius 1 is 1.18 bits per heavy atom. The summed E-state index contributed by atoms with van der Waals surface area (Å²) in [6.07, 6.45) is 0.969. The Balaban J connectivity index is 3.61. The Morgan fingerprint density at radius 3 is 2.41 bits per heavy atom. The summed E-state index contributed by atoms with van der Waals surface area (Å²) in [6, 6.07) is 0. The van der Waals surface area contributed by atoms with E-state index in [1.807, 2.05) is 0 Å². The second kappa shape index (κ2) is 9.83. The number of nitrogens with two attached hydrogens (primary N) is 1. The minimum atomic E-state index is 0.187. The molecule has 0 spiro atoms. The highest BCUT2D eigenvalue weighted by Crippen LogP contribution is 2.14. The van der Waals surface area contributed by atoms with Crippen LogP contribution in [0.2, 0.25) is 0 Å². The summed E-state index contributed by atoms with van der Waals surface area (Å²) in [5.74, 6) is 0. The Bertz CT molecular complexity index is 175. The normalized spacial score (nSPS) is 12.4. The zero-order valence-electron chi connectivity index (χ0n) is 12.0. The first-order valence-electron chi connectivity index (χ1n) is 6.55. The zero-order valence-corrected chi connectivity index (χ0v) is 12.0. The van der Waals surface area contributed by atoms with Crippen molar-refractivity contribution in [2.75, 3.05) is 53.1 Å². The van der Waals surface area contributed by atoms with Crippen molar-refractivity contribution >= 4 is 0 Å². The maximum Gasteiger partial charge on any atom is 0.0593 e. The van der Waals surface area contributed by atoms with Gasteiger partial charge in [0.1, 0.15) is 0 Å².